The van der Waals surface area contributed by atoms with Crippen LogP contribution >= 0.6 is 0 Å². The summed E-state index contributed by atoms with van der Waals surface area (Å²) in [5.74, 6) is 0.631. The van der Waals surface area contributed by atoms with Gasteiger partial charge in [-0.05, 0) is 33.7 Å². The molecule has 1 amide bonds. The Morgan fingerprint density at radius 3 is 2.38 bits per heavy atom. The first kappa shape index (κ1) is 17.7. The second kappa shape index (κ2) is 7.59. The highest BCUT2D eigenvalue weighted by atomic mass is 16.5. The fourth-order valence-electron chi connectivity index (χ4n) is 2.82. The summed E-state index contributed by atoms with van der Waals surface area (Å²) in [6.07, 6.45) is 2.75. The van der Waals surface area contributed by atoms with E-state index in [0.29, 0.717) is 18.3 Å². The number of amides is 1. The smallest absolute Gasteiger partial charge is 0.273 e. The van der Waals surface area contributed by atoms with E-state index >= 15 is 0 Å². The third-order valence-corrected chi connectivity index (χ3v) is 4.92. The van der Waals surface area contributed by atoms with Gasteiger partial charge in [0.2, 0.25) is 0 Å². The minimum atomic E-state index is -0.148. The van der Waals surface area contributed by atoms with Gasteiger partial charge in [0, 0.05) is 30.0 Å². The zero-order valence-electron chi connectivity index (χ0n) is 14.2. The van der Waals surface area contributed by atoms with Crippen molar-refractivity contribution in [3.05, 3.63) is 17.0 Å². The first-order valence-electron chi connectivity index (χ1n) is 7.86. The summed E-state index contributed by atoms with van der Waals surface area (Å²) >= 11 is 0. The Balaban J connectivity index is 2.80. The molecule has 0 fully saturated rings. The maximum Gasteiger partial charge on any atom is 0.273 e. The molecule has 0 radical (unpaired) electrons. The number of carbonyl (C=O) groups is 1. The van der Waals surface area contributed by atoms with Gasteiger partial charge in [0.25, 0.3) is 5.91 Å². The third kappa shape index (κ3) is 3.64. The van der Waals surface area contributed by atoms with Crippen molar-refractivity contribution in [2.24, 2.45) is 5.41 Å². The van der Waals surface area contributed by atoms with Gasteiger partial charge in [0.05, 0.1) is 0 Å². The van der Waals surface area contributed by atoms with E-state index in [4.69, 9.17) is 4.52 Å². The summed E-state index contributed by atoms with van der Waals surface area (Å²) in [5, 5.41) is 10.2. The summed E-state index contributed by atoms with van der Waals surface area (Å²) in [7, 11) is 1.96. The average Bonchev–Trinajstić information content (AvgIpc) is 2.88. The fraction of sp³-hybridized carbons (Fsp3) is 0.750. The van der Waals surface area contributed by atoms with Gasteiger partial charge in [-0.3, -0.25) is 4.79 Å². The van der Waals surface area contributed by atoms with E-state index in [1.807, 2.05) is 20.9 Å². The lowest BCUT2D eigenvalue weighted by Crippen LogP contribution is -2.48. The van der Waals surface area contributed by atoms with Crippen molar-refractivity contribution in [3.63, 3.8) is 0 Å². The molecule has 1 heterocycles. The molecule has 1 rings (SSSR count). The number of aryl methyl sites for hydroxylation is 1. The van der Waals surface area contributed by atoms with Crippen molar-refractivity contribution < 1.29 is 9.32 Å². The zero-order valence-corrected chi connectivity index (χ0v) is 14.2. The molecule has 5 nitrogen and oxygen atoms in total. The van der Waals surface area contributed by atoms with Gasteiger partial charge in [-0.25, -0.2) is 0 Å². The minimum Gasteiger partial charge on any atom is -0.360 e. The number of rotatable bonds is 8. The maximum absolute atomic E-state index is 12.3. The fourth-order valence-corrected chi connectivity index (χ4v) is 2.82. The Labute approximate surface area is 127 Å². The molecule has 0 aliphatic carbocycles. The van der Waals surface area contributed by atoms with E-state index in [2.05, 4.69) is 36.6 Å². The molecule has 1 unspecified atom stereocenters. The van der Waals surface area contributed by atoms with Crippen LogP contribution in [0.1, 0.15) is 62.3 Å². The second-order valence-corrected chi connectivity index (χ2v) is 5.70. The molecule has 120 valence electrons. The summed E-state index contributed by atoms with van der Waals surface area (Å²) in [5.41, 5.74) is 1.30. The lowest BCUT2D eigenvalue weighted by atomic mass is 9.76. The van der Waals surface area contributed by atoms with Gasteiger partial charge in [-0.2, -0.15) is 0 Å². The molecule has 1 aromatic rings. The van der Waals surface area contributed by atoms with Crippen molar-refractivity contribution in [2.75, 3.05) is 13.6 Å². The van der Waals surface area contributed by atoms with Crippen LogP contribution in [-0.2, 0) is 6.42 Å². The van der Waals surface area contributed by atoms with Gasteiger partial charge in [-0.1, -0.05) is 25.9 Å². The Morgan fingerprint density at radius 2 is 1.95 bits per heavy atom. The minimum absolute atomic E-state index is 0.0512. The highest BCUT2D eigenvalue weighted by Gasteiger charge is 2.33. The number of nitrogens with one attached hydrogen (secondary N) is 2. The number of aromatic nitrogens is 1. The Kier molecular flexibility index (Phi) is 6.40. The SMILES string of the molecule is CCc1onc(C(=O)NCC(CC)(CC)C(C)NC)c1C. The summed E-state index contributed by atoms with van der Waals surface area (Å²) < 4.78 is 5.20. The highest BCUT2D eigenvalue weighted by molar-refractivity contribution is 5.93. The Morgan fingerprint density at radius 1 is 1.33 bits per heavy atom. The van der Waals surface area contributed by atoms with E-state index < -0.39 is 0 Å². The first-order valence-corrected chi connectivity index (χ1v) is 7.86. The van der Waals surface area contributed by atoms with E-state index in [-0.39, 0.29) is 11.3 Å². The van der Waals surface area contributed by atoms with Crippen molar-refractivity contribution in [3.8, 4) is 0 Å². The molecule has 2 N–H and O–H groups in total. The average molecular weight is 295 g/mol. The van der Waals surface area contributed by atoms with Crippen molar-refractivity contribution in [1.82, 2.24) is 15.8 Å². The van der Waals surface area contributed by atoms with Crippen LogP contribution in [-0.4, -0.2) is 30.7 Å². The maximum atomic E-state index is 12.3. The highest BCUT2D eigenvalue weighted by Crippen LogP contribution is 2.29. The number of hydrogen-bond donors (Lipinski definition) is 2. The number of carbonyl (C=O) groups excluding carboxylic acids is 1. The summed E-state index contributed by atoms with van der Waals surface area (Å²) in [6, 6.07) is 0.331. The van der Waals surface area contributed by atoms with Gasteiger partial charge < -0.3 is 15.2 Å². The third-order valence-electron chi connectivity index (χ3n) is 4.92. The molecule has 0 saturated carbocycles. The van der Waals surface area contributed by atoms with Crippen LogP contribution in [0.25, 0.3) is 0 Å². The molecule has 0 bridgehead atoms. The zero-order chi connectivity index (χ0) is 16.0. The molecule has 0 saturated heterocycles. The molecule has 0 aliphatic rings. The van der Waals surface area contributed by atoms with Gasteiger partial charge in [-0.15, -0.1) is 0 Å². The van der Waals surface area contributed by atoms with Crippen molar-refractivity contribution in [2.45, 2.75) is 59.9 Å². The van der Waals surface area contributed by atoms with Gasteiger partial charge >= 0.3 is 0 Å². The molecule has 21 heavy (non-hydrogen) atoms. The lowest BCUT2D eigenvalue weighted by molar-refractivity contribution is 0.0899. The standard InChI is InChI=1S/C16H29N3O2/c1-7-13-11(4)14(19-21-13)15(20)18-10-16(8-2,9-3)12(5)17-6/h12,17H,7-10H2,1-6H3,(H,18,20). The van der Waals surface area contributed by atoms with E-state index in [1.54, 1.807) is 0 Å². The molecule has 1 aromatic heterocycles. The lowest BCUT2D eigenvalue weighted by Gasteiger charge is -2.37. The summed E-state index contributed by atoms with van der Waals surface area (Å²) in [4.78, 5) is 12.3. The predicted molar refractivity (Wildman–Crippen MR) is 84.5 cm³/mol. The van der Waals surface area contributed by atoms with E-state index in [9.17, 15) is 4.79 Å². The van der Waals surface area contributed by atoms with Crippen LogP contribution in [0, 0.1) is 12.3 Å². The Hall–Kier alpha value is -1.36. The number of nitrogens with zero attached hydrogens (tertiary/aromatic N) is 1. The molecule has 0 aliphatic heterocycles. The van der Waals surface area contributed by atoms with Crippen LogP contribution in [0.3, 0.4) is 0 Å². The molecule has 0 aromatic carbocycles. The largest absolute Gasteiger partial charge is 0.360 e. The second-order valence-electron chi connectivity index (χ2n) is 5.70. The van der Waals surface area contributed by atoms with Crippen LogP contribution in [0.5, 0.6) is 0 Å². The van der Waals surface area contributed by atoms with Gasteiger partial charge in [0.15, 0.2) is 5.69 Å². The Bertz CT molecular complexity index is 464. The predicted octanol–water partition coefficient (Wildman–Crippen LogP) is 2.69. The van der Waals surface area contributed by atoms with Crippen LogP contribution < -0.4 is 10.6 Å². The topological polar surface area (TPSA) is 67.2 Å². The normalized spacial score (nSPS) is 13.2. The monoisotopic (exact) mass is 295 g/mol. The molecular weight excluding hydrogens is 266 g/mol. The quantitative estimate of drug-likeness (QED) is 0.774. The van der Waals surface area contributed by atoms with Crippen molar-refractivity contribution in [1.29, 1.82) is 0 Å². The molecule has 1 atom stereocenters. The molecule has 5 heteroatoms. The van der Waals surface area contributed by atoms with E-state index in [0.717, 1.165) is 30.6 Å². The summed E-state index contributed by atoms with van der Waals surface area (Å²) in [6.45, 7) is 11.0. The first-order chi connectivity index (χ1) is 9.95. The van der Waals surface area contributed by atoms with Crippen molar-refractivity contribution >= 4 is 5.91 Å². The van der Waals surface area contributed by atoms with E-state index in [1.165, 1.54) is 0 Å². The van der Waals surface area contributed by atoms with Crippen LogP contribution in [0.15, 0.2) is 4.52 Å². The number of hydrogen-bond acceptors (Lipinski definition) is 4. The molecular formula is C16H29N3O2. The molecule has 0 spiro atoms. The van der Waals surface area contributed by atoms with Crippen LogP contribution in [0.2, 0.25) is 0 Å². The van der Waals surface area contributed by atoms with Crippen LogP contribution in [0.4, 0.5) is 0 Å². The van der Waals surface area contributed by atoms with Gasteiger partial charge in [0.1, 0.15) is 5.76 Å².